The van der Waals surface area contributed by atoms with Crippen LogP contribution in [0.3, 0.4) is 0 Å². The summed E-state index contributed by atoms with van der Waals surface area (Å²) in [4.78, 5) is 12.0. The number of benzene rings is 2. The van der Waals surface area contributed by atoms with Crippen LogP contribution in [0.2, 0.25) is 0 Å². The second kappa shape index (κ2) is 9.71. The van der Waals surface area contributed by atoms with Gasteiger partial charge in [-0.1, -0.05) is 48.0 Å². The highest BCUT2D eigenvalue weighted by molar-refractivity contribution is 7.90. The number of hydrogen-bond donors (Lipinski definition) is 2. The Labute approximate surface area is 161 Å². The summed E-state index contributed by atoms with van der Waals surface area (Å²) in [5, 5.41) is 2.77. The predicted octanol–water partition coefficient (Wildman–Crippen LogP) is 2.46. The van der Waals surface area contributed by atoms with Crippen LogP contribution in [0.1, 0.15) is 17.5 Å². The first-order valence-electron chi connectivity index (χ1n) is 8.11. The maximum absolute atomic E-state index is 12.0. The second-order valence-corrected chi connectivity index (χ2v) is 8.57. The first kappa shape index (κ1) is 22.2. The third-order valence-corrected chi connectivity index (χ3v) is 4.86. The van der Waals surface area contributed by atoms with Gasteiger partial charge in [0.1, 0.15) is 9.84 Å². The van der Waals surface area contributed by atoms with Crippen molar-refractivity contribution in [2.75, 3.05) is 12.0 Å². The Hall–Kier alpha value is -1.89. The van der Waals surface area contributed by atoms with Gasteiger partial charge in [-0.2, -0.15) is 0 Å². The van der Waals surface area contributed by atoms with E-state index in [4.69, 9.17) is 5.73 Å². The molecule has 0 aliphatic rings. The van der Waals surface area contributed by atoms with E-state index in [1.54, 1.807) is 0 Å². The molecule has 0 aliphatic heterocycles. The van der Waals surface area contributed by atoms with Crippen LogP contribution < -0.4 is 11.1 Å². The Morgan fingerprint density at radius 1 is 1.12 bits per heavy atom. The molecule has 0 spiro atoms. The number of carbonyl (C=O) groups excluding carboxylic acids is 1. The van der Waals surface area contributed by atoms with Gasteiger partial charge < -0.3 is 11.1 Å². The van der Waals surface area contributed by atoms with Crippen LogP contribution in [0, 0.1) is 6.92 Å². The molecule has 0 heterocycles. The molecule has 142 valence electrons. The van der Waals surface area contributed by atoms with Crippen LogP contribution in [0.4, 0.5) is 0 Å². The Morgan fingerprint density at radius 2 is 1.73 bits per heavy atom. The van der Waals surface area contributed by atoms with Crippen LogP contribution >= 0.6 is 12.4 Å². The van der Waals surface area contributed by atoms with Gasteiger partial charge in [0.2, 0.25) is 5.91 Å². The molecule has 1 unspecified atom stereocenters. The van der Waals surface area contributed by atoms with Gasteiger partial charge in [0.25, 0.3) is 0 Å². The smallest absolute Gasteiger partial charge is 0.237 e. The van der Waals surface area contributed by atoms with E-state index in [1.165, 1.54) is 5.56 Å². The summed E-state index contributed by atoms with van der Waals surface area (Å²) < 4.78 is 22.3. The quantitative estimate of drug-likeness (QED) is 0.752. The van der Waals surface area contributed by atoms with Gasteiger partial charge in [-0.25, -0.2) is 8.42 Å². The highest BCUT2D eigenvalue weighted by Crippen LogP contribution is 2.21. The van der Waals surface area contributed by atoms with Crippen molar-refractivity contribution in [3.8, 4) is 11.1 Å². The van der Waals surface area contributed by atoms with E-state index in [0.29, 0.717) is 6.54 Å². The number of carbonyl (C=O) groups is 1. The van der Waals surface area contributed by atoms with Crippen molar-refractivity contribution in [3.05, 3.63) is 59.7 Å². The number of rotatable bonds is 7. The minimum atomic E-state index is -3.12. The molecule has 2 aromatic carbocycles. The van der Waals surface area contributed by atoms with Crippen LogP contribution in [-0.4, -0.2) is 32.4 Å². The van der Waals surface area contributed by atoms with Crippen molar-refractivity contribution >= 4 is 28.2 Å². The number of sulfone groups is 1. The van der Waals surface area contributed by atoms with E-state index >= 15 is 0 Å². The largest absolute Gasteiger partial charge is 0.351 e. The van der Waals surface area contributed by atoms with Gasteiger partial charge in [0, 0.05) is 12.8 Å². The lowest BCUT2D eigenvalue weighted by Crippen LogP contribution is -2.41. The topological polar surface area (TPSA) is 89.3 Å². The standard InChI is InChI=1S/C19H24N2O3S.ClH/c1-14-5-3-7-16(11-14)17-8-4-6-15(12-17)13-21-19(22)18(20)9-10-25(2,23)24;/h3-8,11-12,18H,9-10,13,20H2,1-2H3,(H,21,22);1H. The van der Waals surface area contributed by atoms with E-state index in [0.717, 1.165) is 22.9 Å². The molecule has 1 atom stereocenters. The zero-order valence-corrected chi connectivity index (χ0v) is 16.6. The second-order valence-electron chi connectivity index (χ2n) is 6.31. The van der Waals surface area contributed by atoms with Gasteiger partial charge >= 0.3 is 0 Å². The van der Waals surface area contributed by atoms with Crippen LogP contribution in [0.15, 0.2) is 48.5 Å². The minimum Gasteiger partial charge on any atom is -0.351 e. The van der Waals surface area contributed by atoms with E-state index in [-0.39, 0.29) is 30.5 Å². The molecular formula is C19H25ClN2O3S. The maximum Gasteiger partial charge on any atom is 0.237 e. The molecule has 0 fully saturated rings. The lowest BCUT2D eigenvalue weighted by Gasteiger charge is -2.12. The van der Waals surface area contributed by atoms with Crippen molar-refractivity contribution < 1.29 is 13.2 Å². The third kappa shape index (κ3) is 7.15. The molecule has 0 aliphatic carbocycles. The summed E-state index contributed by atoms with van der Waals surface area (Å²) >= 11 is 0. The van der Waals surface area contributed by atoms with Gasteiger partial charge in [-0.15, -0.1) is 12.4 Å². The first-order chi connectivity index (χ1) is 11.7. The molecule has 0 saturated carbocycles. The summed E-state index contributed by atoms with van der Waals surface area (Å²) in [6, 6.07) is 15.3. The normalized spacial score (nSPS) is 12.1. The number of nitrogens with one attached hydrogen (secondary N) is 1. The molecule has 3 N–H and O–H groups in total. The molecule has 26 heavy (non-hydrogen) atoms. The van der Waals surface area contributed by atoms with Gasteiger partial charge in [0.05, 0.1) is 11.8 Å². The Kier molecular flexibility index (Phi) is 8.27. The van der Waals surface area contributed by atoms with E-state index in [2.05, 4.69) is 11.4 Å². The molecule has 0 saturated heterocycles. The van der Waals surface area contributed by atoms with Crippen molar-refractivity contribution in [2.24, 2.45) is 5.73 Å². The van der Waals surface area contributed by atoms with Gasteiger partial charge in [-0.05, 0) is 36.1 Å². The lowest BCUT2D eigenvalue weighted by atomic mass is 10.0. The zero-order chi connectivity index (χ0) is 18.4. The Morgan fingerprint density at radius 3 is 2.35 bits per heavy atom. The zero-order valence-electron chi connectivity index (χ0n) is 14.9. The van der Waals surface area contributed by atoms with Gasteiger partial charge in [0.15, 0.2) is 0 Å². The van der Waals surface area contributed by atoms with Crippen molar-refractivity contribution in [1.29, 1.82) is 0 Å². The number of amides is 1. The fourth-order valence-corrected chi connectivity index (χ4v) is 3.16. The van der Waals surface area contributed by atoms with Crippen molar-refractivity contribution in [1.82, 2.24) is 5.32 Å². The summed E-state index contributed by atoms with van der Waals surface area (Å²) in [6.45, 7) is 2.40. The number of nitrogens with two attached hydrogens (primary N) is 1. The predicted molar refractivity (Wildman–Crippen MR) is 108 cm³/mol. The summed E-state index contributed by atoms with van der Waals surface area (Å²) in [7, 11) is -3.12. The Balaban J connectivity index is 0.00000338. The molecule has 1 amide bonds. The lowest BCUT2D eigenvalue weighted by molar-refractivity contribution is -0.122. The SMILES string of the molecule is Cc1cccc(-c2cccc(CNC(=O)C(N)CCS(C)(=O)=O)c2)c1.Cl. The third-order valence-electron chi connectivity index (χ3n) is 3.88. The van der Waals surface area contributed by atoms with Crippen molar-refractivity contribution in [2.45, 2.75) is 25.9 Å². The number of aryl methyl sites for hydroxylation is 1. The molecule has 0 radical (unpaired) electrons. The summed E-state index contributed by atoms with van der Waals surface area (Å²) in [5.74, 6) is -0.436. The highest BCUT2D eigenvalue weighted by atomic mass is 35.5. The molecule has 2 rings (SSSR count). The highest BCUT2D eigenvalue weighted by Gasteiger charge is 2.15. The van der Waals surface area contributed by atoms with Crippen molar-refractivity contribution in [3.63, 3.8) is 0 Å². The number of halogens is 1. The molecule has 5 nitrogen and oxygen atoms in total. The Bertz CT molecular complexity index is 853. The molecule has 0 aromatic heterocycles. The number of hydrogen-bond acceptors (Lipinski definition) is 4. The summed E-state index contributed by atoms with van der Waals surface area (Å²) in [5.41, 5.74) is 10.1. The average molecular weight is 397 g/mol. The van der Waals surface area contributed by atoms with E-state index in [1.807, 2.05) is 49.4 Å². The fraction of sp³-hybridized carbons (Fsp3) is 0.316. The van der Waals surface area contributed by atoms with Crippen LogP contribution in [0.5, 0.6) is 0 Å². The average Bonchev–Trinajstić information content (AvgIpc) is 2.57. The fourth-order valence-electron chi connectivity index (χ4n) is 2.48. The molecular weight excluding hydrogens is 372 g/mol. The monoisotopic (exact) mass is 396 g/mol. The molecule has 2 aromatic rings. The van der Waals surface area contributed by atoms with Gasteiger partial charge in [-0.3, -0.25) is 4.79 Å². The molecule has 7 heteroatoms. The van der Waals surface area contributed by atoms with E-state index < -0.39 is 15.9 Å². The van der Waals surface area contributed by atoms with Crippen LogP contribution in [0.25, 0.3) is 11.1 Å². The van der Waals surface area contributed by atoms with E-state index in [9.17, 15) is 13.2 Å². The molecule has 0 bridgehead atoms. The van der Waals surface area contributed by atoms with Crippen LogP contribution in [-0.2, 0) is 21.2 Å². The first-order valence-corrected chi connectivity index (χ1v) is 10.2. The minimum absolute atomic E-state index is 0. The maximum atomic E-state index is 12.0. The summed E-state index contributed by atoms with van der Waals surface area (Å²) in [6.07, 6.45) is 1.25.